The molecule has 0 saturated heterocycles. The highest BCUT2D eigenvalue weighted by Gasteiger charge is 2.10. The summed E-state index contributed by atoms with van der Waals surface area (Å²) < 4.78 is 23.1. The normalized spacial score (nSPS) is 11.8. The highest BCUT2D eigenvalue weighted by molar-refractivity contribution is 7.90. The lowest BCUT2D eigenvalue weighted by molar-refractivity contribution is 0.601. The van der Waals surface area contributed by atoms with Gasteiger partial charge in [-0.3, -0.25) is 4.99 Å². The number of sulfone groups is 1. The molecule has 5 nitrogen and oxygen atoms in total. The second-order valence-corrected chi connectivity index (χ2v) is 6.34. The first-order valence-corrected chi connectivity index (χ1v) is 7.95. The molecular weight excluding hydrogens is 274 g/mol. The van der Waals surface area contributed by atoms with Gasteiger partial charge in [-0.2, -0.15) is 0 Å². The van der Waals surface area contributed by atoms with Crippen LogP contribution in [0.15, 0.2) is 28.1 Å². The van der Waals surface area contributed by atoms with E-state index in [-0.39, 0.29) is 0 Å². The molecule has 1 aromatic carbocycles. The maximum atomic E-state index is 11.5. The minimum atomic E-state index is -3.18. The molecular formula is C14H19N3O2S. The largest absolute Gasteiger partial charge is 0.352 e. The van der Waals surface area contributed by atoms with Crippen molar-refractivity contribution < 1.29 is 8.42 Å². The number of nitrogens with zero attached hydrogens (tertiary/aromatic N) is 1. The maximum absolute atomic E-state index is 11.5. The zero-order chi connectivity index (χ0) is 15.2. The van der Waals surface area contributed by atoms with Crippen molar-refractivity contribution >= 4 is 15.8 Å². The summed E-state index contributed by atoms with van der Waals surface area (Å²) in [6.45, 7) is 2.71. The summed E-state index contributed by atoms with van der Waals surface area (Å²) in [4.78, 5) is 4.38. The third kappa shape index (κ3) is 4.59. The molecule has 0 heterocycles. The maximum Gasteiger partial charge on any atom is 0.192 e. The summed E-state index contributed by atoms with van der Waals surface area (Å²) in [5.41, 5.74) is 1.71. The van der Waals surface area contributed by atoms with E-state index in [0.717, 1.165) is 11.1 Å². The van der Waals surface area contributed by atoms with Crippen LogP contribution in [0.25, 0.3) is 0 Å². The zero-order valence-corrected chi connectivity index (χ0v) is 12.7. The van der Waals surface area contributed by atoms with Crippen molar-refractivity contribution in [3.63, 3.8) is 0 Å². The third-order valence-corrected chi connectivity index (χ3v) is 3.94. The first-order valence-electron chi connectivity index (χ1n) is 6.06. The van der Waals surface area contributed by atoms with Gasteiger partial charge in [-0.15, -0.1) is 6.42 Å². The predicted octanol–water partition coefficient (Wildman–Crippen LogP) is 0.697. The average molecular weight is 293 g/mol. The van der Waals surface area contributed by atoms with E-state index in [1.807, 2.05) is 6.07 Å². The molecule has 1 aromatic rings. The number of terminal acetylenes is 1. The molecule has 0 aromatic heterocycles. The van der Waals surface area contributed by atoms with E-state index >= 15 is 0 Å². The first kappa shape index (κ1) is 16.1. The van der Waals surface area contributed by atoms with Gasteiger partial charge in [0.25, 0.3) is 0 Å². The summed E-state index contributed by atoms with van der Waals surface area (Å²) in [7, 11) is -1.52. The second kappa shape index (κ2) is 6.96. The first-order chi connectivity index (χ1) is 9.38. The fourth-order valence-electron chi connectivity index (χ4n) is 1.78. The van der Waals surface area contributed by atoms with Crippen LogP contribution in [0.3, 0.4) is 0 Å². The standard InChI is InChI=1S/C14H19N3O2S/c1-5-8-16-14(15-3)17-10-12-6-7-13(11(2)9-12)20(4,18)19/h1,6-7,9H,8,10H2,2-4H3,(H2,15,16,17). The van der Waals surface area contributed by atoms with E-state index in [4.69, 9.17) is 6.42 Å². The molecule has 0 atom stereocenters. The molecule has 1 rings (SSSR count). The highest BCUT2D eigenvalue weighted by Crippen LogP contribution is 2.16. The molecule has 20 heavy (non-hydrogen) atoms. The minimum absolute atomic E-state index is 0.357. The smallest absolute Gasteiger partial charge is 0.192 e. The van der Waals surface area contributed by atoms with Crippen LogP contribution in [0.4, 0.5) is 0 Å². The number of aryl methyl sites for hydroxylation is 1. The molecule has 0 spiro atoms. The number of hydrogen-bond donors (Lipinski definition) is 2. The number of hydrogen-bond acceptors (Lipinski definition) is 3. The molecule has 0 fully saturated rings. The van der Waals surface area contributed by atoms with Crippen molar-refractivity contribution in [1.82, 2.24) is 10.6 Å². The van der Waals surface area contributed by atoms with Gasteiger partial charge in [-0.1, -0.05) is 18.1 Å². The number of nitrogens with one attached hydrogen (secondary N) is 2. The lowest BCUT2D eigenvalue weighted by Gasteiger charge is -2.11. The number of aliphatic imine (C=N–C) groups is 1. The predicted molar refractivity (Wildman–Crippen MR) is 81.3 cm³/mol. The van der Waals surface area contributed by atoms with Crippen molar-refractivity contribution in [1.29, 1.82) is 0 Å². The van der Waals surface area contributed by atoms with Gasteiger partial charge in [0.05, 0.1) is 11.4 Å². The van der Waals surface area contributed by atoms with Gasteiger partial charge in [-0.05, 0) is 24.1 Å². The van der Waals surface area contributed by atoms with Crippen LogP contribution in [-0.4, -0.2) is 34.2 Å². The zero-order valence-electron chi connectivity index (χ0n) is 11.9. The molecule has 0 amide bonds. The van der Waals surface area contributed by atoms with Crippen LogP contribution in [0, 0.1) is 19.3 Å². The molecule has 6 heteroatoms. The highest BCUT2D eigenvalue weighted by atomic mass is 32.2. The summed E-state index contributed by atoms with van der Waals surface area (Å²) in [6.07, 6.45) is 6.37. The van der Waals surface area contributed by atoms with Crippen molar-refractivity contribution in [2.75, 3.05) is 19.8 Å². The van der Waals surface area contributed by atoms with Crippen LogP contribution in [0.5, 0.6) is 0 Å². The Morgan fingerprint density at radius 2 is 2.10 bits per heavy atom. The van der Waals surface area contributed by atoms with Crippen molar-refractivity contribution in [3.05, 3.63) is 29.3 Å². The van der Waals surface area contributed by atoms with Gasteiger partial charge < -0.3 is 10.6 Å². The monoisotopic (exact) mass is 293 g/mol. The fourth-order valence-corrected chi connectivity index (χ4v) is 2.74. The van der Waals surface area contributed by atoms with Crippen molar-refractivity contribution in [3.8, 4) is 12.3 Å². The van der Waals surface area contributed by atoms with E-state index in [9.17, 15) is 8.42 Å². The van der Waals surface area contributed by atoms with E-state index < -0.39 is 9.84 Å². The van der Waals surface area contributed by atoms with Crippen molar-refractivity contribution in [2.45, 2.75) is 18.4 Å². The number of benzene rings is 1. The van der Waals surface area contributed by atoms with Gasteiger partial charge in [0.15, 0.2) is 15.8 Å². The van der Waals surface area contributed by atoms with Crippen LogP contribution in [0.2, 0.25) is 0 Å². The summed E-state index contributed by atoms with van der Waals surface area (Å²) in [5, 5.41) is 6.05. The minimum Gasteiger partial charge on any atom is -0.352 e. The molecule has 0 aliphatic heterocycles. The van der Waals surface area contributed by atoms with E-state index in [0.29, 0.717) is 23.9 Å². The van der Waals surface area contributed by atoms with Gasteiger partial charge in [-0.25, -0.2) is 8.42 Å². The van der Waals surface area contributed by atoms with Crippen LogP contribution < -0.4 is 10.6 Å². The Kier molecular flexibility index (Phi) is 5.59. The lowest BCUT2D eigenvalue weighted by atomic mass is 10.1. The summed E-state index contributed by atoms with van der Waals surface area (Å²) >= 11 is 0. The van der Waals surface area contributed by atoms with E-state index in [1.54, 1.807) is 26.1 Å². The van der Waals surface area contributed by atoms with Crippen LogP contribution in [0.1, 0.15) is 11.1 Å². The molecule has 0 unspecified atom stereocenters. The van der Waals surface area contributed by atoms with E-state index in [1.165, 1.54) is 6.26 Å². The summed E-state index contributed by atoms with van der Waals surface area (Å²) in [5.74, 6) is 3.07. The Hall–Kier alpha value is -2.00. The summed E-state index contributed by atoms with van der Waals surface area (Å²) in [6, 6.07) is 5.25. The lowest BCUT2D eigenvalue weighted by Crippen LogP contribution is -2.36. The quantitative estimate of drug-likeness (QED) is 0.487. The SMILES string of the molecule is C#CCNC(=NC)NCc1ccc(S(C)(=O)=O)c(C)c1. The Balaban J connectivity index is 2.76. The Morgan fingerprint density at radius 3 is 2.60 bits per heavy atom. The van der Waals surface area contributed by atoms with Crippen molar-refractivity contribution in [2.24, 2.45) is 4.99 Å². The molecule has 0 aliphatic rings. The number of guanidine groups is 1. The fraction of sp³-hybridized carbons (Fsp3) is 0.357. The van der Waals surface area contributed by atoms with Crippen LogP contribution >= 0.6 is 0 Å². The van der Waals surface area contributed by atoms with Crippen LogP contribution in [-0.2, 0) is 16.4 Å². The Bertz CT molecular complexity index is 643. The molecule has 0 aliphatic carbocycles. The Morgan fingerprint density at radius 1 is 1.40 bits per heavy atom. The average Bonchev–Trinajstić information content (AvgIpc) is 2.37. The van der Waals surface area contributed by atoms with Gasteiger partial charge in [0, 0.05) is 19.8 Å². The number of rotatable bonds is 4. The third-order valence-electron chi connectivity index (χ3n) is 2.68. The van der Waals surface area contributed by atoms with E-state index in [2.05, 4.69) is 21.5 Å². The second-order valence-electron chi connectivity index (χ2n) is 4.36. The molecule has 0 bridgehead atoms. The molecule has 0 radical (unpaired) electrons. The topological polar surface area (TPSA) is 70.6 Å². The Labute approximate surface area is 120 Å². The molecule has 108 valence electrons. The van der Waals surface area contributed by atoms with Gasteiger partial charge in [0.2, 0.25) is 0 Å². The molecule has 0 saturated carbocycles. The van der Waals surface area contributed by atoms with Gasteiger partial charge in [0.1, 0.15) is 0 Å². The molecule has 2 N–H and O–H groups in total. The van der Waals surface area contributed by atoms with Gasteiger partial charge >= 0.3 is 0 Å².